The van der Waals surface area contributed by atoms with Crippen LogP contribution in [0.15, 0.2) is 17.1 Å². The van der Waals surface area contributed by atoms with Crippen molar-refractivity contribution in [3.63, 3.8) is 0 Å². The average molecular weight is 303 g/mol. The molecule has 96 valence electrons. The van der Waals surface area contributed by atoms with E-state index in [1.165, 1.54) is 23.1 Å². The average Bonchev–Trinajstić information content (AvgIpc) is 2.97. The van der Waals surface area contributed by atoms with Crippen LogP contribution in [-0.2, 0) is 4.79 Å². The summed E-state index contributed by atoms with van der Waals surface area (Å²) >= 11 is 8.51. The third-order valence-corrected chi connectivity index (χ3v) is 4.42. The fourth-order valence-electron chi connectivity index (χ4n) is 1.41. The van der Waals surface area contributed by atoms with Gasteiger partial charge in [0.15, 0.2) is 11.0 Å². The van der Waals surface area contributed by atoms with Gasteiger partial charge in [-0.05, 0) is 12.1 Å². The largest absolute Gasteiger partial charge is 0.305 e. The van der Waals surface area contributed by atoms with Crippen LogP contribution in [-0.4, -0.2) is 29.2 Å². The molecule has 0 unspecified atom stereocenters. The van der Waals surface area contributed by atoms with Gasteiger partial charge in [0.25, 0.3) is 0 Å². The van der Waals surface area contributed by atoms with Crippen molar-refractivity contribution in [3.8, 4) is 0 Å². The second kappa shape index (κ2) is 6.36. The number of aliphatic imine (C=N–C) groups is 1. The number of nitrogens with zero attached hydrogens (tertiary/aromatic N) is 1. The van der Waals surface area contributed by atoms with Gasteiger partial charge in [-0.3, -0.25) is 14.6 Å². The summed E-state index contributed by atoms with van der Waals surface area (Å²) in [6.45, 7) is 0.743. The number of ketones is 1. The minimum atomic E-state index is -0.167. The molecule has 7 heteroatoms. The zero-order valence-corrected chi connectivity index (χ0v) is 11.8. The van der Waals surface area contributed by atoms with Gasteiger partial charge in [-0.15, -0.1) is 11.3 Å². The number of thioether (sulfide) groups is 1. The first-order valence-corrected chi connectivity index (χ1v) is 7.59. The topological polar surface area (TPSA) is 58.5 Å². The van der Waals surface area contributed by atoms with Crippen molar-refractivity contribution in [1.82, 2.24) is 5.32 Å². The molecule has 4 nitrogen and oxygen atoms in total. The summed E-state index contributed by atoms with van der Waals surface area (Å²) in [6.07, 6.45) is 0.370. The third-order valence-electron chi connectivity index (χ3n) is 2.26. The van der Waals surface area contributed by atoms with Crippen molar-refractivity contribution in [2.45, 2.75) is 12.8 Å². The van der Waals surface area contributed by atoms with Gasteiger partial charge in [0.05, 0.1) is 15.8 Å². The summed E-state index contributed by atoms with van der Waals surface area (Å²) in [6, 6.07) is 3.37. The molecule has 0 spiro atoms. The number of amides is 1. The number of amidine groups is 1. The van der Waals surface area contributed by atoms with E-state index < -0.39 is 0 Å². The number of carbonyl (C=O) groups is 2. The molecular weight excluding hydrogens is 292 g/mol. The minimum absolute atomic E-state index is 0.0527. The summed E-state index contributed by atoms with van der Waals surface area (Å²) in [5, 5.41) is 3.35. The van der Waals surface area contributed by atoms with Gasteiger partial charge >= 0.3 is 0 Å². The molecule has 0 aliphatic carbocycles. The Morgan fingerprint density at radius 1 is 1.39 bits per heavy atom. The van der Waals surface area contributed by atoms with Crippen molar-refractivity contribution in [1.29, 1.82) is 0 Å². The molecule has 0 bridgehead atoms. The van der Waals surface area contributed by atoms with Crippen LogP contribution in [0.2, 0.25) is 4.34 Å². The van der Waals surface area contributed by atoms with E-state index in [-0.39, 0.29) is 24.5 Å². The molecule has 0 saturated carbocycles. The van der Waals surface area contributed by atoms with E-state index in [1.54, 1.807) is 12.1 Å². The van der Waals surface area contributed by atoms with E-state index in [1.807, 2.05) is 0 Å². The number of halogens is 1. The molecule has 2 heterocycles. The second-order valence-electron chi connectivity index (χ2n) is 3.61. The fraction of sp³-hybridized carbons (Fsp3) is 0.364. The number of hydrogen-bond donors (Lipinski definition) is 1. The van der Waals surface area contributed by atoms with Gasteiger partial charge in [-0.25, -0.2) is 0 Å². The molecule has 0 radical (unpaired) electrons. The minimum Gasteiger partial charge on any atom is -0.305 e. The monoisotopic (exact) mass is 302 g/mol. The van der Waals surface area contributed by atoms with E-state index in [9.17, 15) is 9.59 Å². The third kappa shape index (κ3) is 3.83. The first kappa shape index (κ1) is 13.6. The molecular formula is C11H11ClN2O2S2. The predicted molar refractivity (Wildman–Crippen MR) is 75.8 cm³/mol. The van der Waals surface area contributed by atoms with E-state index in [2.05, 4.69) is 10.3 Å². The Kier molecular flexibility index (Phi) is 4.79. The van der Waals surface area contributed by atoms with E-state index in [0.717, 1.165) is 12.3 Å². The Balaban J connectivity index is 1.77. The zero-order chi connectivity index (χ0) is 13.0. The molecule has 1 aromatic heterocycles. The molecule has 0 fully saturated rings. The lowest BCUT2D eigenvalue weighted by Crippen LogP contribution is -2.27. The molecule has 1 N–H and O–H groups in total. The normalized spacial score (nSPS) is 14.4. The zero-order valence-electron chi connectivity index (χ0n) is 9.44. The molecule has 0 atom stereocenters. The number of carbonyl (C=O) groups excluding carboxylic acids is 2. The van der Waals surface area contributed by atoms with Gasteiger partial charge < -0.3 is 5.32 Å². The Hall–Kier alpha value is -0.850. The maximum absolute atomic E-state index is 11.7. The van der Waals surface area contributed by atoms with Crippen LogP contribution in [0.4, 0.5) is 0 Å². The number of hydrogen-bond acceptors (Lipinski definition) is 5. The van der Waals surface area contributed by atoms with Crippen molar-refractivity contribution < 1.29 is 9.59 Å². The maximum atomic E-state index is 11.7. The lowest BCUT2D eigenvalue weighted by atomic mass is 10.2. The molecule has 18 heavy (non-hydrogen) atoms. The van der Waals surface area contributed by atoms with Crippen LogP contribution < -0.4 is 5.32 Å². The Morgan fingerprint density at radius 2 is 2.22 bits per heavy atom. The van der Waals surface area contributed by atoms with Gasteiger partial charge in [-0.2, -0.15) is 0 Å². The Labute approximate surface area is 118 Å². The van der Waals surface area contributed by atoms with Crippen molar-refractivity contribution in [2.75, 3.05) is 12.3 Å². The number of nitrogens with one attached hydrogen (secondary N) is 1. The first-order valence-electron chi connectivity index (χ1n) is 5.41. The van der Waals surface area contributed by atoms with Gasteiger partial charge in [0, 0.05) is 18.6 Å². The van der Waals surface area contributed by atoms with Gasteiger partial charge in [-0.1, -0.05) is 23.4 Å². The van der Waals surface area contributed by atoms with E-state index in [4.69, 9.17) is 11.6 Å². The predicted octanol–water partition coefficient (Wildman–Crippen LogP) is 2.58. The van der Waals surface area contributed by atoms with E-state index in [0.29, 0.717) is 14.4 Å². The van der Waals surface area contributed by atoms with E-state index >= 15 is 0 Å². The molecule has 0 aromatic carbocycles. The SMILES string of the molecule is O=C(CCC(=O)c1ccc(Cl)s1)NC1=NCCS1. The summed E-state index contributed by atoms with van der Waals surface area (Å²) in [7, 11) is 0. The standard InChI is InChI=1S/C11H11ClN2O2S2/c12-9-3-2-8(18-9)7(15)1-4-10(16)14-11-13-5-6-17-11/h2-3H,1,4-6H2,(H,13,14,16). The molecule has 1 amide bonds. The Morgan fingerprint density at radius 3 is 2.83 bits per heavy atom. The van der Waals surface area contributed by atoms with Crippen LogP contribution in [0.5, 0.6) is 0 Å². The summed E-state index contributed by atoms with van der Waals surface area (Å²) in [5.74, 6) is 0.685. The highest BCUT2D eigenvalue weighted by atomic mass is 35.5. The van der Waals surface area contributed by atoms with Crippen LogP contribution in [0.25, 0.3) is 0 Å². The number of rotatable bonds is 4. The highest BCUT2D eigenvalue weighted by Crippen LogP contribution is 2.22. The second-order valence-corrected chi connectivity index (χ2v) is 6.41. The fourth-order valence-corrected chi connectivity index (χ4v) is 3.16. The lowest BCUT2D eigenvalue weighted by molar-refractivity contribution is -0.119. The molecule has 1 aliphatic heterocycles. The Bertz CT molecular complexity index is 499. The molecule has 1 aromatic rings. The smallest absolute Gasteiger partial charge is 0.226 e. The summed E-state index contributed by atoms with van der Waals surface area (Å²) < 4.78 is 0.583. The highest BCUT2D eigenvalue weighted by Gasteiger charge is 2.14. The highest BCUT2D eigenvalue weighted by molar-refractivity contribution is 8.14. The molecule has 0 saturated heterocycles. The van der Waals surface area contributed by atoms with Crippen molar-refractivity contribution in [2.24, 2.45) is 4.99 Å². The van der Waals surface area contributed by atoms with Crippen LogP contribution in [0, 0.1) is 0 Å². The van der Waals surface area contributed by atoms with Crippen molar-refractivity contribution in [3.05, 3.63) is 21.3 Å². The van der Waals surface area contributed by atoms with Crippen LogP contribution in [0.3, 0.4) is 0 Å². The van der Waals surface area contributed by atoms with Crippen LogP contribution in [0.1, 0.15) is 22.5 Å². The first-order chi connectivity index (χ1) is 8.65. The van der Waals surface area contributed by atoms with Crippen molar-refractivity contribution >= 4 is 51.6 Å². The van der Waals surface area contributed by atoms with Crippen LogP contribution >= 0.6 is 34.7 Å². The molecule has 1 aliphatic rings. The molecule has 2 rings (SSSR count). The number of Topliss-reactive ketones (excluding diaryl/α,β-unsaturated/α-hetero) is 1. The van der Waals surface area contributed by atoms with Gasteiger partial charge in [0.1, 0.15) is 0 Å². The quantitative estimate of drug-likeness (QED) is 0.870. The maximum Gasteiger partial charge on any atom is 0.226 e. The lowest BCUT2D eigenvalue weighted by Gasteiger charge is -2.02. The summed E-state index contributed by atoms with van der Waals surface area (Å²) in [4.78, 5) is 28.0. The number of thiophene rings is 1. The summed E-state index contributed by atoms with van der Waals surface area (Å²) in [5.41, 5.74) is 0. The van der Waals surface area contributed by atoms with Gasteiger partial charge in [0.2, 0.25) is 5.91 Å².